The zero-order chi connectivity index (χ0) is 8.81. The third-order valence-electron chi connectivity index (χ3n) is 1.42. The topological polar surface area (TPSA) is 52.0 Å². The van der Waals surface area contributed by atoms with Crippen LogP contribution < -0.4 is 5.73 Å². The second-order valence-corrected chi connectivity index (χ2v) is 3.65. The smallest absolute Gasteiger partial charge is 0.255 e. The lowest BCUT2D eigenvalue weighted by atomic mass is 10.3. The highest BCUT2D eigenvalue weighted by Crippen LogP contribution is 2.17. The van der Waals surface area contributed by atoms with Gasteiger partial charge in [0.15, 0.2) is 0 Å². The number of thioether (sulfide) groups is 1. The third-order valence-corrected chi connectivity index (χ3v) is 2.35. The Kier molecular flexibility index (Phi) is 4.18. The molecule has 0 aliphatic rings. The van der Waals surface area contributed by atoms with Gasteiger partial charge >= 0.3 is 0 Å². The van der Waals surface area contributed by atoms with Crippen molar-refractivity contribution in [3.63, 3.8) is 0 Å². The molecule has 0 unspecified atom stereocenters. The predicted molar refractivity (Wildman–Crippen MR) is 50.3 cm³/mol. The number of unbranched alkanes of at least 4 members (excludes halogenated alkanes) is 1. The van der Waals surface area contributed by atoms with Crippen molar-refractivity contribution in [2.45, 2.75) is 25.0 Å². The van der Waals surface area contributed by atoms with Crippen molar-refractivity contribution in [3.8, 4) is 0 Å². The van der Waals surface area contributed by atoms with Crippen LogP contribution in [0.2, 0.25) is 0 Å². The van der Waals surface area contributed by atoms with Crippen LogP contribution in [0.15, 0.2) is 15.9 Å². The van der Waals surface area contributed by atoms with E-state index in [2.05, 4.69) is 4.98 Å². The minimum Gasteiger partial charge on any atom is -0.440 e. The number of aryl methyl sites for hydroxylation is 1. The minimum absolute atomic E-state index is 0.768. The van der Waals surface area contributed by atoms with E-state index in [1.807, 2.05) is 6.92 Å². The van der Waals surface area contributed by atoms with Gasteiger partial charge in [-0.05, 0) is 26.3 Å². The molecule has 1 rings (SSSR count). The van der Waals surface area contributed by atoms with E-state index in [9.17, 15) is 0 Å². The van der Waals surface area contributed by atoms with Crippen molar-refractivity contribution in [3.05, 3.63) is 12.0 Å². The van der Waals surface area contributed by atoms with Crippen molar-refractivity contribution in [1.82, 2.24) is 4.98 Å². The number of hydrogen-bond acceptors (Lipinski definition) is 4. The van der Waals surface area contributed by atoms with Crippen molar-refractivity contribution >= 4 is 11.8 Å². The van der Waals surface area contributed by atoms with Crippen LogP contribution in [0, 0.1) is 6.92 Å². The van der Waals surface area contributed by atoms with E-state index in [0.717, 1.165) is 36.1 Å². The number of nitrogens with zero attached hydrogens (tertiary/aromatic N) is 1. The summed E-state index contributed by atoms with van der Waals surface area (Å²) in [6, 6.07) is 0. The summed E-state index contributed by atoms with van der Waals surface area (Å²) in [5.74, 6) is 1.04. The molecule has 12 heavy (non-hydrogen) atoms. The summed E-state index contributed by atoms with van der Waals surface area (Å²) in [7, 11) is 0. The number of nitrogens with two attached hydrogens (primary N) is 1. The van der Waals surface area contributed by atoms with E-state index in [-0.39, 0.29) is 0 Å². The number of hydrogen-bond donors (Lipinski definition) is 1. The van der Waals surface area contributed by atoms with E-state index >= 15 is 0 Å². The normalized spacial score (nSPS) is 10.5. The largest absolute Gasteiger partial charge is 0.440 e. The molecule has 1 aromatic rings. The minimum atomic E-state index is 0.768. The molecule has 0 amide bonds. The van der Waals surface area contributed by atoms with Gasteiger partial charge in [-0.1, -0.05) is 11.8 Å². The maximum absolute atomic E-state index is 5.36. The van der Waals surface area contributed by atoms with Gasteiger partial charge in [-0.15, -0.1) is 0 Å². The van der Waals surface area contributed by atoms with Crippen LogP contribution in [0.25, 0.3) is 0 Å². The lowest BCUT2D eigenvalue weighted by Gasteiger charge is -1.94. The monoisotopic (exact) mass is 186 g/mol. The molecule has 3 nitrogen and oxygen atoms in total. The summed E-state index contributed by atoms with van der Waals surface area (Å²) in [6.07, 6.45) is 3.88. The van der Waals surface area contributed by atoms with Crippen LogP contribution in [0.5, 0.6) is 0 Å². The second kappa shape index (κ2) is 5.22. The first-order chi connectivity index (χ1) is 5.83. The van der Waals surface area contributed by atoms with E-state index < -0.39 is 0 Å². The standard InChI is InChI=1S/C8H14N2OS/c1-7-6-11-8(10-7)12-5-3-2-4-9/h6H,2-5,9H2,1H3. The van der Waals surface area contributed by atoms with Crippen LogP contribution in [-0.2, 0) is 0 Å². The Bertz CT molecular complexity index is 225. The molecule has 68 valence electrons. The molecule has 0 fully saturated rings. The van der Waals surface area contributed by atoms with Crippen LogP contribution in [0.3, 0.4) is 0 Å². The van der Waals surface area contributed by atoms with Crippen molar-refractivity contribution < 1.29 is 4.42 Å². The SMILES string of the molecule is Cc1coc(SCCCCN)n1. The first-order valence-electron chi connectivity index (χ1n) is 4.08. The fourth-order valence-electron chi connectivity index (χ4n) is 0.805. The summed E-state index contributed by atoms with van der Waals surface area (Å²) < 4.78 is 5.17. The van der Waals surface area contributed by atoms with Crippen LogP contribution >= 0.6 is 11.8 Å². The highest BCUT2D eigenvalue weighted by Gasteiger charge is 1.99. The maximum atomic E-state index is 5.36. The van der Waals surface area contributed by atoms with Gasteiger partial charge < -0.3 is 10.2 Å². The highest BCUT2D eigenvalue weighted by atomic mass is 32.2. The molecule has 0 bridgehead atoms. The Morgan fingerprint density at radius 3 is 3.00 bits per heavy atom. The highest BCUT2D eigenvalue weighted by molar-refractivity contribution is 7.99. The fraction of sp³-hybridized carbons (Fsp3) is 0.625. The lowest BCUT2D eigenvalue weighted by molar-refractivity contribution is 0.454. The molecule has 0 saturated heterocycles. The summed E-state index contributed by atoms with van der Waals surface area (Å²) >= 11 is 1.65. The van der Waals surface area contributed by atoms with Gasteiger partial charge in [-0.25, -0.2) is 4.98 Å². The summed E-state index contributed by atoms with van der Waals surface area (Å²) in [4.78, 5) is 4.17. The quantitative estimate of drug-likeness (QED) is 0.563. The molecule has 0 atom stereocenters. The summed E-state index contributed by atoms with van der Waals surface area (Å²) in [6.45, 7) is 2.69. The molecule has 0 saturated carbocycles. The zero-order valence-corrected chi connectivity index (χ0v) is 8.06. The molecule has 0 spiro atoms. The molecule has 0 aromatic carbocycles. The lowest BCUT2D eigenvalue weighted by Crippen LogP contribution is -1.98. The molecule has 2 N–H and O–H groups in total. The molecule has 1 aromatic heterocycles. The van der Waals surface area contributed by atoms with Crippen LogP contribution in [0.1, 0.15) is 18.5 Å². The van der Waals surface area contributed by atoms with Gasteiger partial charge in [0.05, 0.1) is 5.69 Å². The zero-order valence-electron chi connectivity index (χ0n) is 7.25. The Hall–Kier alpha value is -0.480. The van der Waals surface area contributed by atoms with Gasteiger partial charge in [-0.2, -0.15) is 0 Å². The third kappa shape index (κ3) is 3.28. The Balaban J connectivity index is 2.15. The number of aromatic nitrogens is 1. The Morgan fingerprint density at radius 2 is 2.42 bits per heavy atom. The average molecular weight is 186 g/mol. The Labute approximate surface area is 76.7 Å². The first kappa shape index (κ1) is 9.61. The van der Waals surface area contributed by atoms with E-state index in [1.54, 1.807) is 18.0 Å². The number of oxazole rings is 1. The Morgan fingerprint density at radius 1 is 1.58 bits per heavy atom. The van der Waals surface area contributed by atoms with E-state index in [0.29, 0.717) is 0 Å². The fourth-order valence-corrected chi connectivity index (χ4v) is 1.65. The van der Waals surface area contributed by atoms with Gasteiger partial charge in [0.1, 0.15) is 6.26 Å². The summed E-state index contributed by atoms with van der Waals surface area (Å²) in [5.41, 5.74) is 6.30. The van der Waals surface area contributed by atoms with Gasteiger partial charge in [0, 0.05) is 5.75 Å². The van der Waals surface area contributed by atoms with Crippen molar-refractivity contribution in [2.24, 2.45) is 5.73 Å². The molecular formula is C8H14N2OS. The van der Waals surface area contributed by atoms with Gasteiger partial charge in [0.25, 0.3) is 5.22 Å². The molecule has 1 heterocycles. The van der Waals surface area contributed by atoms with Crippen molar-refractivity contribution in [1.29, 1.82) is 0 Å². The van der Waals surface area contributed by atoms with Crippen LogP contribution in [0.4, 0.5) is 0 Å². The molecular weight excluding hydrogens is 172 g/mol. The van der Waals surface area contributed by atoms with E-state index in [4.69, 9.17) is 10.2 Å². The van der Waals surface area contributed by atoms with Crippen molar-refractivity contribution in [2.75, 3.05) is 12.3 Å². The molecule has 0 aliphatic carbocycles. The molecule has 4 heteroatoms. The second-order valence-electron chi connectivity index (χ2n) is 2.60. The summed E-state index contributed by atoms with van der Waals surface area (Å²) in [5, 5.41) is 0.768. The predicted octanol–water partition coefficient (Wildman–Crippen LogP) is 1.81. The maximum Gasteiger partial charge on any atom is 0.255 e. The van der Waals surface area contributed by atoms with Gasteiger partial charge in [-0.3, -0.25) is 0 Å². The average Bonchev–Trinajstić information content (AvgIpc) is 2.45. The van der Waals surface area contributed by atoms with Crippen LogP contribution in [-0.4, -0.2) is 17.3 Å². The number of rotatable bonds is 5. The van der Waals surface area contributed by atoms with E-state index in [1.165, 1.54) is 0 Å². The first-order valence-corrected chi connectivity index (χ1v) is 5.06. The molecule has 0 aliphatic heterocycles. The van der Waals surface area contributed by atoms with Gasteiger partial charge in [0.2, 0.25) is 0 Å². The molecule has 0 radical (unpaired) electrons.